The van der Waals surface area contributed by atoms with Crippen molar-refractivity contribution in [2.45, 2.75) is 33.3 Å². The van der Waals surface area contributed by atoms with Crippen molar-refractivity contribution >= 4 is 23.4 Å². The van der Waals surface area contributed by atoms with Crippen LogP contribution < -0.4 is 10.6 Å². The molecule has 3 N–H and O–H groups in total. The lowest BCUT2D eigenvalue weighted by Gasteiger charge is -2.25. The highest BCUT2D eigenvalue weighted by molar-refractivity contribution is 6.33. The zero-order valence-corrected chi connectivity index (χ0v) is 14.2. The molecule has 0 saturated heterocycles. The van der Waals surface area contributed by atoms with Crippen LogP contribution >= 0.6 is 11.6 Å². The second-order valence-corrected chi connectivity index (χ2v) is 6.72. The van der Waals surface area contributed by atoms with Gasteiger partial charge in [0.1, 0.15) is 5.82 Å². The summed E-state index contributed by atoms with van der Waals surface area (Å²) in [6.07, 6.45) is -0.583. The lowest BCUT2D eigenvalue weighted by molar-refractivity contribution is -0.121. The standard InChI is InChI=1S/C16H22ClFN2O3/c1-16(2,3)13(21)9-20-14(22)6-7-19-15(23)11-5-4-10(18)8-12(11)17/h4-5,8,13,21H,6-7,9H2,1-3H3,(H,19,23)(H,20,22). The van der Waals surface area contributed by atoms with E-state index in [4.69, 9.17) is 11.6 Å². The van der Waals surface area contributed by atoms with Crippen molar-refractivity contribution < 1.29 is 19.1 Å². The summed E-state index contributed by atoms with van der Waals surface area (Å²) < 4.78 is 12.9. The third-order valence-corrected chi connectivity index (χ3v) is 3.62. The van der Waals surface area contributed by atoms with Crippen LogP contribution in [-0.2, 0) is 4.79 Å². The molecular formula is C16H22ClFN2O3. The fourth-order valence-corrected chi connectivity index (χ4v) is 1.92. The van der Waals surface area contributed by atoms with Gasteiger partial charge in [-0.25, -0.2) is 4.39 Å². The van der Waals surface area contributed by atoms with E-state index in [-0.39, 0.29) is 41.4 Å². The summed E-state index contributed by atoms with van der Waals surface area (Å²) in [5.41, 5.74) is -0.169. The number of nitrogens with one attached hydrogen (secondary N) is 2. The molecule has 0 saturated carbocycles. The molecule has 5 nitrogen and oxygen atoms in total. The maximum atomic E-state index is 12.9. The van der Waals surface area contributed by atoms with Crippen LogP contribution in [0.1, 0.15) is 37.6 Å². The van der Waals surface area contributed by atoms with Crippen molar-refractivity contribution in [1.82, 2.24) is 10.6 Å². The molecule has 0 aliphatic carbocycles. The van der Waals surface area contributed by atoms with E-state index in [1.165, 1.54) is 6.07 Å². The van der Waals surface area contributed by atoms with Crippen LogP contribution in [0.4, 0.5) is 4.39 Å². The van der Waals surface area contributed by atoms with Crippen LogP contribution in [0.2, 0.25) is 5.02 Å². The van der Waals surface area contributed by atoms with Crippen molar-refractivity contribution in [2.24, 2.45) is 5.41 Å². The Kier molecular flexibility index (Phi) is 6.97. The average molecular weight is 345 g/mol. The van der Waals surface area contributed by atoms with Crippen molar-refractivity contribution in [3.05, 3.63) is 34.6 Å². The number of hydrogen-bond acceptors (Lipinski definition) is 3. The van der Waals surface area contributed by atoms with E-state index in [1.54, 1.807) is 0 Å². The van der Waals surface area contributed by atoms with Gasteiger partial charge < -0.3 is 15.7 Å². The van der Waals surface area contributed by atoms with Gasteiger partial charge in [0.05, 0.1) is 16.7 Å². The summed E-state index contributed by atoms with van der Waals surface area (Å²) >= 11 is 5.79. The van der Waals surface area contributed by atoms with Gasteiger partial charge in [-0.1, -0.05) is 32.4 Å². The summed E-state index contributed by atoms with van der Waals surface area (Å²) in [5.74, 6) is -1.28. The maximum Gasteiger partial charge on any atom is 0.252 e. The number of hydrogen-bond donors (Lipinski definition) is 3. The third kappa shape index (κ3) is 6.54. The Labute approximate surface area is 140 Å². The number of aliphatic hydroxyl groups excluding tert-OH is 1. The second kappa shape index (κ2) is 8.26. The molecule has 0 aromatic heterocycles. The Morgan fingerprint density at radius 3 is 2.52 bits per heavy atom. The van der Waals surface area contributed by atoms with Crippen molar-refractivity contribution in [3.63, 3.8) is 0 Å². The smallest absolute Gasteiger partial charge is 0.252 e. The molecule has 1 atom stereocenters. The van der Waals surface area contributed by atoms with Crippen LogP contribution in [0.25, 0.3) is 0 Å². The Morgan fingerprint density at radius 2 is 1.96 bits per heavy atom. The minimum Gasteiger partial charge on any atom is -0.391 e. The first kappa shape index (κ1) is 19.4. The van der Waals surface area contributed by atoms with Gasteiger partial charge in [0.25, 0.3) is 5.91 Å². The number of benzene rings is 1. The summed E-state index contributed by atoms with van der Waals surface area (Å²) in [6.45, 7) is 5.88. The lowest BCUT2D eigenvalue weighted by atomic mass is 9.89. The van der Waals surface area contributed by atoms with Crippen LogP contribution in [0.3, 0.4) is 0 Å². The van der Waals surface area contributed by atoms with Crippen LogP contribution in [0, 0.1) is 11.2 Å². The lowest BCUT2D eigenvalue weighted by Crippen LogP contribution is -2.40. The first-order valence-corrected chi connectivity index (χ1v) is 7.67. The summed E-state index contributed by atoms with van der Waals surface area (Å²) in [7, 11) is 0. The average Bonchev–Trinajstić information content (AvgIpc) is 2.43. The van der Waals surface area contributed by atoms with Gasteiger partial charge in [-0.05, 0) is 23.6 Å². The highest BCUT2D eigenvalue weighted by atomic mass is 35.5. The zero-order valence-electron chi connectivity index (χ0n) is 13.5. The highest BCUT2D eigenvalue weighted by Gasteiger charge is 2.22. The first-order chi connectivity index (χ1) is 10.6. The van der Waals surface area contributed by atoms with E-state index < -0.39 is 17.8 Å². The van der Waals surface area contributed by atoms with Gasteiger partial charge in [-0.2, -0.15) is 0 Å². The van der Waals surface area contributed by atoms with Crippen molar-refractivity contribution in [2.75, 3.05) is 13.1 Å². The molecule has 1 aromatic carbocycles. The van der Waals surface area contributed by atoms with E-state index in [0.29, 0.717) is 0 Å². The molecule has 23 heavy (non-hydrogen) atoms. The number of carbonyl (C=O) groups is 2. The van der Waals surface area contributed by atoms with Crippen molar-refractivity contribution in [3.8, 4) is 0 Å². The van der Waals surface area contributed by atoms with Crippen LogP contribution in [-0.4, -0.2) is 36.1 Å². The Hall–Kier alpha value is -1.66. The molecule has 0 radical (unpaired) electrons. The second-order valence-electron chi connectivity index (χ2n) is 6.32. The monoisotopic (exact) mass is 344 g/mol. The minimum absolute atomic E-state index is 0.0141. The molecule has 1 unspecified atom stereocenters. The molecule has 7 heteroatoms. The predicted molar refractivity (Wildman–Crippen MR) is 86.8 cm³/mol. The number of aliphatic hydroxyl groups is 1. The summed E-state index contributed by atoms with van der Waals surface area (Å²) in [5, 5.41) is 15.0. The van der Waals surface area contributed by atoms with Gasteiger partial charge in [-0.15, -0.1) is 0 Å². The summed E-state index contributed by atoms with van der Waals surface area (Å²) in [6, 6.07) is 3.48. The number of halogens is 2. The molecule has 128 valence electrons. The molecule has 0 aliphatic rings. The number of carbonyl (C=O) groups excluding carboxylic acids is 2. The molecule has 0 heterocycles. The van der Waals surface area contributed by atoms with Gasteiger partial charge >= 0.3 is 0 Å². The molecule has 0 bridgehead atoms. The van der Waals surface area contributed by atoms with Gasteiger partial charge in [0.15, 0.2) is 0 Å². The third-order valence-electron chi connectivity index (χ3n) is 3.31. The van der Waals surface area contributed by atoms with Crippen LogP contribution in [0.5, 0.6) is 0 Å². The highest BCUT2D eigenvalue weighted by Crippen LogP contribution is 2.18. The fraction of sp³-hybridized carbons (Fsp3) is 0.500. The first-order valence-electron chi connectivity index (χ1n) is 7.29. The van der Waals surface area contributed by atoms with Gasteiger partial charge in [0.2, 0.25) is 5.91 Å². The molecular weight excluding hydrogens is 323 g/mol. The molecule has 0 fully saturated rings. The quantitative estimate of drug-likeness (QED) is 0.739. The molecule has 1 rings (SSSR count). The van der Waals surface area contributed by atoms with E-state index in [0.717, 1.165) is 12.1 Å². The van der Waals surface area contributed by atoms with Gasteiger partial charge in [-0.3, -0.25) is 9.59 Å². The van der Waals surface area contributed by atoms with E-state index in [1.807, 2.05) is 20.8 Å². The largest absolute Gasteiger partial charge is 0.391 e. The van der Waals surface area contributed by atoms with E-state index in [9.17, 15) is 19.1 Å². The zero-order chi connectivity index (χ0) is 17.6. The maximum absolute atomic E-state index is 12.9. The number of amides is 2. The van der Waals surface area contributed by atoms with E-state index in [2.05, 4.69) is 10.6 Å². The molecule has 2 amide bonds. The number of rotatable bonds is 6. The molecule has 1 aromatic rings. The topological polar surface area (TPSA) is 78.4 Å². The Morgan fingerprint density at radius 1 is 1.30 bits per heavy atom. The van der Waals surface area contributed by atoms with Gasteiger partial charge in [0, 0.05) is 19.5 Å². The predicted octanol–water partition coefficient (Wildman–Crippen LogP) is 2.12. The normalized spacial score (nSPS) is 12.6. The Balaban J connectivity index is 2.36. The SMILES string of the molecule is CC(C)(C)C(O)CNC(=O)CCNC(=O)c1ccc(F)cc1Cl. The van der Waals surface area contributed by atoms with Crippen molar-refractivity contribution in [1.29, 1.82) is 0 Å². The fourth-order valence-electron chi connectivity index (χ4n) is 1.66. The van der Waals surface area contributed by atoms with Crippen LogP contribution in [0.15, 0.2) is 18.2 Å². The summed E-state index contributed by atoms with van der Waals surface area (Å²) in [4.78, 5) is 23.5. The molecule has 0 spiro atoms. The minimum atomic E-state index is -0.654. The molecule has 0 aliphatic heterocycles. The Bertz CT molecular complexity index is 573. The van der Waals surface area contributed by atoms with E-state index >= 15 is 0 Å².